The Kier molecular flexibility index (Phi) is 6.83. The molecule has 0 aliphatic heterocycles. The predicted molar refractivity (Wildman–Crippen MR) is 229 cm³/mol. The van der Waals surface area contributed by atoms with E-state index in [4.69, 9.17) is 28.2 Å². The van der Waals surface area contributed by atoms with E-state index in [-0.39, 0.29) is 0 Å². The highest BCUT2D eigenvalue weighted by Crippen LogP contribution is 2.40. The normalized spacial score (nSPS) is 11.9. The molecule has 0 spiro atoms. The van der Waals surface area contributed by atoms with Crippen LogP contribution in [0.1, 0.15) is 0 Å². The molecule has 12 rings (SSSR count). The molecule has 8 aromatic carbocycles. The van der Waals surface area contributed by atoms with Crippen LogP contribution in [0.25, 0.3) is 122 Å². The number of hydrogen-bond acceptors (Lipinski definition) is 6. The average Bonchev–Trinajstić information content (AvgIpc) is 3.97. The molecule has 0 aliphatic rings. The lowest BCUT2D eigenvalue weighted by Gasteiger charge is -2.09. The maximum absolute atomic E-state index is 6.50. The lowest BCUT2D eigenvalue weighted by atomic mass is 9.99. The van der Waals surface area contributed by atoms with Gasteiger partial charge in [-0.25, -0.2) is 15.0 Å². The van der Waals surface area contributed by atoms with E-state index >= 15 is 0 Å². The van der Waals surface area contributed by atoms with Crippen molar-refractivity contribution in [2.24, 2.45) is 0 Å². The fourth-order valence-electron chi connectivity index (χ4n) is 8.22. The number of aromatic nitrogens is 3. The van der Waals surface area contributed by atoms with Gasteiger partial charge in [0.15, 0.2) is 17.5 Å². The van der Waals surface area contributed by atoms with Crippen LogP contribution in [0.3, 0.4) is 0 Å². The average molecular weight is 732 g/mol. The van der Waals surface area contributed by atoms with Gasteiger partial charge in [-0.1, -0.05) is 133 Å². The molecule has 0 saturated heterocycles. The van der Waals surface area contributed by atoms with Gasteiger partial charge in [0.05, 0.1) is 0 Å². The topological polar surface area (TPSA) is 78.1 Å². The van der Waals surface area contributed by atoms with Gasteiger partial charge in [0.2, 0.25) is 0 Å². The minimum absolute atomic E-state index is 0.543. The third-order valence-corrected chi connectivity index (χ3v) is 11.0. The molecule has 0 aliphatic carbocycles. The maximum Gasteiger partial charge on any atom is 0.164 e. The second kappa shape index (κ2) is 12.3. The molecule has 0 saturated carbocycles. The molecule has 0 unspecified atom stereocenters. The van der Waals surface area contributed by atoms with Crippen molar-refractivity contribution >= 4 is 65.8 Å². The number of rotatable bonds is 5. The fourth-order valence-corrected chi connectivity index (χ4v) is 8.22. The number of para-hydroxylation sites is 3. The molecular weight excluding hydrogens is 703 g/mol. The van der Waals surface area contributed by atoms with Gasteiger partial charge >= 0.3 is 0 Å². The summed E-state index contributed by atoms with van der Waals surface area (Å²) in [5.74, 6) is 1.65. The van der Waals surface area contributed by atoms with Gasteiger partial charge in [-0.15, -0.1) is 0 Å². The molecule has 0 fully saturated rings. The highest BCUT2D eigenvalue weighted by molar-refractivity contribution is 6.13. The van der Waals surface area contributed by atoms with Crippen LogP contribution in [0.5, 0.6) is 0 Å². The number of furan rings is 3. The number of fused-ring (bicyclic) bond motifs is 9. The van der Waals surface area contributed by atoms with E-state index in [2.05, 4.69) is 109 Å². The molecule has 4 aromatic heterocycles. The first-order chi connectivity index (χ1) is 28.2. The zero-order valence-electron chi connectivity index (χ0n) is 30.3. The molecule has 0 radical (unpaired) electrons. The highest BCUT2D eigenvalue weighted by atomic mass is 16.3. The lowest BCUT2D eigenvalue weighted by molar-refractivity contribution is 0.668. The van der Waals surface area contributed by atoms with Gasteiger partial charge in [0, 0.05) is 54.6 Å². The Labute approximate surface area is 325 Å². The summed E-state index contributed by atoms with van der Waals surface area (Å²) in [6, 6.07) is 59.9. The largest absolute Gasteiger partial charge is 0.456 e. The Balaban J connectivity index is 1.00. The van der Waals surface area contributed by atoms with E-state index in [0.717, 1.165) is 105 Å². The van der Waals surface area contributed by atoms with E-state index in [1.54, 1.807) is 0 Å². The van der Waals surface area contributed by atoms with Crippen LogP contribution in [-0.4, -0.2) is 15.0 Å². The molecule has 0 N–H and O–H groups in total. The van der Waals surface area contributed by atoms with E-state index in [0.29, 0.717) is 17.5 Å². The third-order valence-electron chi connectivity index (χ3n) is 11.0. The summed E-state index contributed by atoms with van der Waals surface area (Å²) in [4.78, 5) is 15.3. The lowest BCUT2D eigenvalue weighted by Crippen LogP contribution is -2.00. The summed E-state index contributed by atoms with van der Waals surface area (Å²) < 4.78 is 19.1. The van der Waals surface area contributed by atoms with Crippen molar-refractivity contribution in [2.45, 2.75) is 0 Å². The zero-order chi connectivity index (χ0) is 37.5. The summed E-state index contributed by atoms with van der Waals surface area (Å²) in [6.07, 6.45) is 0. The van der Waals surface area contributed by atoms with Crippen LogP contribution in [-0.2, 0) is 0 Å². The highest BCUT2D eigenvalue weighted by Gasteiger charge is 2.18. The van der Waals surface area contributed by atoms with Crippen molar-refractivity contribution < 1.29 is 13.3 Å². The quantitative estimate of drug-likeness (QED) is 0.175. The van der Waals surface area contributed by atoms with Crippen molar-refractivity contribution in [1.29, 1.82) is 0 Å². The molecule has 4 heterocycles. The van der Waals surface area contributed by atoms with Crippen LogP contribution in [0.4, 0.5) is 0 Å². The Hall–Kier alpha value is -7.83. The van der Waals surface area contributed by atoms with Gasteiger partial charge in [0.1, 0.15) is 33.5 Å². The second-order valence-electron chi connectivity index (χ2n) is 14.3. The first-order valence-corrected chi connectivity index (χ1v) is 18.9. The third kappa shape index (κ3) is 5.08. The van der Waals surface area contributed by atoms with E-state index in [1.807, 2.05) is 66.7 Å². The first-order valence-electron chi connectivity index (χ1n) is 18.9. The molecule has 57 heavy (non-hydrogen) atoms. The summed E-state index contributed by atoms with van der Waals surface area (Å²) in [6.45, 7) is 0. The van der Waals surface area contributed by atoms with Gasteiger partial charge in [-0.2, -0.15) is 0 Å². The van der Waals surface area contributed by atoms with Gasteiger partial charge in [0.25, 0.3) is 0 Å². The SMILES string of the molecule is c1ccc(-c2cccc3oc4cc(-c5nc(-c6ccc(-c7cccc8c7oc7ccccc78)cc6)nc(-c6ccc7c(c6)oc6ccccc67)n5)ccc4c23)cc1. The molecule has 0 amide bonds. The van der Waals surface area contributed by atoms with Gasteiger partial charge in [-0.3, -0.25) is 0 Å². The van der Waals surface area contributed by atoms with E-state index in [1.165, 1.54) is 0 Å². The Bertz CT molecular complexity index is 3520. The number of nitrogens with zero attached hydrogens (tertiary/aromatic N) is 3. The van der Waals surface area contributed by atoms with Crippen LogP contribution >= 0.6 is 0 Å². The van der Waals surface area contributed by atoms with Crippen molar-refractivity contribution in [3.05, 3.63) is 176 Å². The minimum atomic E-state index is 0.543. The van der Waals surface area contributed by atoms with Crippen molar-refractivity contribution in [2.75, 3.05) is 0 Å². The molecule has 0 bridgehead atoms. The van der Waals surface area contributed by atoms with Crippen molar-refractivity contribution in [3.63, 3.8) is 0 Å². The van der Waals surface area contributed by atoms with Crippen molar-refractivity contribution in [1.82, 2.24) is 15.0 Å². The smallest absolute Gasteiger partial charge is 0.164 e. The molecule has 266 valence electrons. The van der Waals surface area contributed by atoms with E-state index in [9.17, 15) is 0 Å². The van der Waals surface area contributed by atoms with Crippen LogP contribution < -0.4 is 0 Å². The maximum atomic E-state index is 6.50. The predicted octanol–water partition coefficient (Wildman–Crippen LogP) is 13.9. The van der Waals surface area contributed by atoms with Gasteiger partial charge in [-0.05, 0) is 59.2 Å². The summed E-state index contributed by atoms with van der Waals surface area (Å²) in [7, 11) is 0. The Morgan fingerprint density at radius 2 is 0.754 bits per heavy atom. The van der Waals surface area contributed by atoms with Crippen molar-refractivity contribution in [3.8, 4) is 56.4 Å². The number of benzene rings is 8. The molecule has 0 atom stereocenters. The summed E-state index contributed by atoms with van der Waals surface area (Å²) in [5, 5.41) is 6.44. The standard InChI is InChI=1S/C51H29N3O3/c1-2-10-30(11-3-1)35-14-9-19-44-47(35)41-27-25-34(29-46(41)56-44)51-53-49(52-50(54-51)33-24-26-39-37-12-4-6-17-42(37)55-45(39)28-33)32-22-20-31(21-23-32)36-15-8-16-40-38-13-5-7-18-43(38)57-48(36)40/h1-29H. The molecule has 6 heteroatoms. The fraction of sp³-hybridized carbons (Fsp3) is 0. The summed E-state index contributed by atoms with van der Waals surface area (Å²) in [5.41, 5.74) is 11.8. The monoisotopic (exact) mass is 731 g/mol. The van der Waals surface area contributed by atoms with Crippen LogP contribution in [0.15, 0.2) is 189 Å². The van der Waals surface area contributed by atoms with Gasteiger partial charge < -0.3 is 13.3 Å². The molecular formula is C51H29N3O3. The Morgan fingerprint density at radius 1 is 0.281 bits per heavy atom. The van der Waals surface area contributed by atoms with Crippen LogP contribution in [0, 0.1) is 0 Å². The Morgan fingerprint density at radius 3 is 1.51 bits per heavy atom. The zero-order valence-corrected chi connectivity index (χ0v) is 30.3. The molecule has 6 nitrogen and oxygen atoms in total. The second-order valence-corrected chi connectivity index (χ2v) is 14.3. The molecule has 12 aromatic rings. The summed E-state index contributed by atoms with van der Waals surface area (Å²) >= 11 is 0. The van der Waals surface area contributed by atoms with E-state index < -0.39 is 0 Å². The van der Waals surface area contributed by atoms with Crippen LogP contribution in [0.2, 0.25) is 0 Å². The first kappa shape index (κ1) is 31.5. The minimum Gasteiger partial charge on any atom is -0.456 e. The number of hydrogen-bond donors (Lipinski definition) is 0.